The quantitative estimate of drug-likeness (QED) is 0.242. The van der Waals surface area contributed by atoms with Gasteiger partial charge >= 0.3 is 0 Å². The van der Waals surface area contributed by atoms with Crippen LogP contribution in [0.4, 0.5) is 8.78 Å². The Hall–Kier alpha value is -3.73. The number of aromatic nitrogens is 2. The Morgan fingerprint density at radius 3 is 2.44 bits per heavy atom. The van der Waals surface area contributed by atoms with E-state index in [0.29, 0.717) is 5.75 Å². The molecule has 0 aliphatic heterocycles. The van der Waals surface area contributed by atoms with Crippen molar-refractivity contribution in [3.63, 3.8) is 0 Å². The molecule has 0 fully saturated rings. The molecular formula is C23H22F2N4O4S. The largest absolute Gasteiger partial charge is 0.483 e. The Morgan fingerprint density at radius 1 is 1.06 bits per heavy atom. The van der Waals surface area contributed by atoms with Crippen molar-refractivity contribution in [3.05, 3.63) is 76.2 Å². The summed E-state index contributed by atoms with van der Waals surface area (Å²) in [6.45, 7) is 1.18. The first kappa shape index (κ1) is 24.9. The van der Waals surface area contributed by atoms with E-state index in [1.165, 1.54) is 6.92 Å². The molecule has 3 aromatic rings. The van der Waals surface area contributed by atoms with Gasteiger partial charge in [-0.2, -0.15) is 8.78 Å². The summed E-state index contributed by atoms with van der Waals surface area (Å²) >= 11 is 0.135. The number of rotatable bonds is 9. The molecule has 0 aliphatic carbocycles. The summed E-state index contributed by atoms with van der Waals surface area (Å²) in [5.41, 5.74) is 6.16. The van der Waals surface area contributed by atoms with Crippen molar-refractivity contribution < 1.29 is 23.1 Å². The van der Waals surface area contributed by atoms with Crippen LogP contribution in [0, 0.1) is 6.92 Å². The third-order valence-corrected chi connectivity index (χ3v) is 5.27. The number of carbonyl (C=O) groups is 2. The predicted molar refractivity (Wildman–Crippen MR) is 123 cm³/mol. The minimum absolute atomic E-state index is 0.0243. The van der Waals surface area contributed by atoms with E-state index < -0.39 is 23.1 Å². The number of para-hydroxylation sites is 1. The Balaban J connectivity index is 1.48. The Morgan fingerprint density at radius 2 is 1.74 bits per heavy atom. The average molecular weight is 489 g/mol. The van der Waals surface area contributed by atoms with Crippen molar-refractivity contribution in [2.45, 2.75) is 30.7 Å². The number of hydrogen-bond acceptors (Lipinski definition) is 6. The molecule has 0 aliphatic rings. The summed E-state index contributed by atoms with van der Waals surface area (Å²) in [6, 6.07) is 16.8. The van der Waals surface area contributed by atoms with E-state index in [2.05, 4.69) is 20.8 Å². The van der Waals surface area contributed by atoms with E-state index in [1.807, 2.05) is 42.5 Å². The van der Waals surface area contributed by atoms with Crippen LogP contribution in [0.3, 0.4) is 0 Å². The molecule has 8 nitrogen and oxygen atoms in total. The molecular weight excluding hydrogens is 466 g/mol. The summed E-state index contributed by atoms with van der Waals surface area (Å²) in [7, 11) is 0. The molecule has 0 spiro atoms. The van der Waals surface area contributed by atoms with E-state index in [-0.39, 0.29) is 47.6 Å². The Labute approximate surface area is 198 Å². The number of halogens is 2. The molecule has 0 unspecified atom stereocenters. The maximum Gasteiger partial charge on any atom is 0.291 e. The second-order valence-corrected chi connectivity index (χ2v) is 8.04. The normalized spacial score (nSPS) is 10.7. The fourth-order valence-electron chi connectivity index (χ4n) is 3.09. The summed E-state index contributed by atoms with van der Waals surface area (Å²) in [6.07, 6.45) is -0.0959. The van der Waals surface area contributed by atoms with Crippen molar-refractivity contribution >= 4 is 23.6 Å². The molecule has 1 heterocycles. The van der Waals surface area contributed by atoms with Crippen LogP contribution in [0.2, 0.25) is 0 Å². The lowest BCUT2D eigenvalue weighted by Crippen LogP contribution is -2.44. The molecule has 178 valence electrons. The van der Waals surface area contributed by atoms with Crippen LogP contribution in [-0.2, 0) is 16.0 Å². The standard InChI is InChI=1S/C23H22F2N4O4S/c1-14-16(21(32)27-23(26-14)34-22(24)25)11-12-19(30)28-29-20(31)13-33-18-10-6-5-9-17(18)15-7-3-2-4-8-15/h2-10,22H,11-13H2,1H3,(H,28,30)(H,29,31)(H,26,27,32). The Bertz CT molecular complexity index is 1210. The number of benzene rings is 2. The van der Waals surface area contributed by atoms with Crippen LogP contribution in [0.1, 0.15) is 17.7 Å². The number of ether oxygens (including phenoxy) is 1. The van der Waals surface area contributed by atoms with Crippen molar-refractivity contribution in [2.24, 2.45) is 0 Å². The van der Waals surface area contributed by atoms with Gasteiger partial charge in [0.25, 0.3) is 17.2 Å². The van der Waals surface area contributed by atoms with Crippen molar-refractivity contribution in [2.75, 3.05) is 6.61 Å². The van der Waals surface area contributed by atoms with Crippen LogP contribution >= 0.6 is 11.8 Å². The van der Waals surface area contributed by atoms with Gasteiger partial charge < -0.3 is 9.72 Å². The van der Waals surface area contributed by atoms with E-state index in [1.54, 1.807) is 12.1 Å². The summed E-state index contributed by atoms with van der Waals surface area (Å²) in [4.78, 5) is 42.4. The number of nitrogens with one attached hydrogen (secondary N) is 3. The van der Waals surface area contributed by atoms with Gasteiger partial charge in [0.15, 0.2) is 11.8 Å². The average Bonchev–Trinajstić information content (AvgIpc) is 2.81. The first-order valence-electron chi connectivity index (χ1n) is 10.2. The molecule has 11 heteroatoms. The van der Waals surface area contributed by atoms with Gasteiger partial charge in [0, 0.05) is 23.2 Å². The predicted octanol–water partition coefficient (Wildman–Crippen LogP) is 3.22. The molecule has 3 rings (SSSR count). The zero-order valence-corrected chi connectivity index (χ0v) is 19.0. The zero-order valence-electron chi connectivity index (χ0n) is 18.1. The molecule has 0 bridgehead atoms. The highest BCUT2D eigenvalue weighted by atomic mass is 32.2. The molecule has 2 amide bonds. The molecule has 3 N–H and O–H groups in total. The highest BCUT2D eigenvalue weighted by Crippen LogP contribution is 2.29. The molecule has 0 saturated heterocycles. The van der Waals surface area contributed by atoms with Gasteiger partial charge in [0.1, 0.15) is 5.75 Å². The van der Waals surface area contributed by atoms with Gasteiger partial charge in [0.05, 0.1) is 0 Å². The minimum Gasteiger partial charge on any atom is -0.483 e. The molecule has 34 heavy (non-hydrogen) atoms. The summed E-state index contributed by atoms with van der Waals surface area (Å²) < 4.78 is 30.5. The maximum absolute atomic E-state index is 12.4. The minimum atomic E-state index is -2.71. The first-order valence-corrected chi connectivity index (χ1v) is 11.1. The lowest BCUT2D eigenvalue weighted by molar-refractivity contribution is -0.130. The number of nitrogens with zero attached hydrogens (tertiary/aromatic N) is 1. The van der Waals surface area contributed by atoms with E-state index in [9.17, 15) is 23.2 Å². The van der Waals surface area contributed by atoms with Gasteiger partial charge in [-0.15, -0.1) is 0 Å². The lowest BCUT2D eigenvalue weighted by atomic mass is 10.1. The first-order chi connectivity index (χ1) is 16.3. The van der Waals surface area contributed by atoms with Crippen LogP contribution in [0.5, 0.6) is 5.75 Å². The van der Waals surface area contributed by atoms with Gasteiger partial charge in [-0.3, -0.25) is 25.2 Å². The smallest absolute Gasteiger partial charge is 0.291 e. The number of aromatic amines is 1. The molecule has 2 aromatic carbocycles. The van der Waals surface area contributed by atoms with E-state index >= 15 is 0 Å². The van der Waals surface area contributed by atoms with Crippen LogP contribution in [0.25, 0.3) is 11.1 Å². The highest BCUT2D eigenvalue weighted by Gasteiger charge is 2.14. The fraction of sp³-hybridized carbons (Fsp3) is 0.217. The van der Waals surface area contributed by atoms with Gasteiger partial charge in [-0.25, -0.2) is 4.98 Å². The van der Waals surface area contributed by atoms with Crippen molar-refractivity contribution in [1.29, 1.82) is 0 Å². The molecule has 1 aromatic heterocycles. The second kappa shape index (κ2) is 11.9. The number of carbonyl (C=O) groups excluding carboxylic acids is 2. The zero-order chi connectivity index (χ0) is 24.5. The maximum atomic E-state index is 12.4. The van der Waals surface area contributed by atoms with Gasteiger partial charge in [0.2, 0.25) is 5.91 Å². The number of hydrazine groups is 1. The number of aryl methyl sites for hydroxylation is 1. The Kier molecular flexibility index (Phi) is 8.74. The number of amides is 2. The fourth-order valence-corrected chi connectivity index (χ4v) is 3.60. The van der Waals surface area contributed by atoms with Gasteiger partial charge in [-0.1, -0.05) is 48.5 Å². The van der Waals surface area contributed by atoms with Crippen LogP contribution in [0.15, 0.2) is 64.5 Å². The summed E-state index contributed by atoms with van der Waals surface area (Å²) in [5, 5.41) is -0.188. The van der Waals surface area contributed by atoms with Crippen LogP contribution < -0.4 is 21.1 Å². The second-order valence-electron chi connectivity index (χ2n) is 7.06. The topological polar surface area (TPSA) is 113 Å². The highest BCUT2D eigenvalue weighted by molar-refractivity contribution is 7.99. The monoisotopic (exact) mass is 488 g/mol. The summed E-state index contributed by atoms with van der Waals surface area (Å²) in [5.74, 6) is -3.30. The number of hydrogen-bond donors (Lipinski definition) is 3. The third-order valence-electron chi connectivity index (χ3n) is 4.68. The number of alkyl halides is 2. The van der Waals surface area contributed by atoms with Crippen molar-refractivity contribution in [1.82, 2.24) is 20.8 Å². The van der Waals surface area contributed by atoms with Gasteiger partial charge in [-0.05, 0) is 36.7 Å². The lowest BCUT2D eigenvalue weighted by Gasteiger charge is -2.12. The third kappa shape index (κ3) is 7.14. The SMILES string of the molecule is Cc1nc(SC(F)F)[nH]c(=O)c1CCC(=O)NNC(=O)COc1ccccc1-c1ccccc1. The molecule has 0 radical (unpaired) electrons. The number of H-pyrrole nitrogens is 1. The molecule has 0 saturated carbocycles. The van der Waals surface area contributed by atoms with E-state index in [4.69, 9.17) is 4.74 Å². The number of thioether (sulfide) groups is 1. The molecule has 0 atom stereocenters. The van der Waals surface area contributed by atoms with E-state index in [0.717, 1.165) is 11.1 Å². The van der Waals surface area contributed by atoms with Crippen LogP contribution in [-0.4, -0.2) is 34.1 Å². The van der Waals surface area contributed by atoms with Crippen molar-refractivity contribution in [3.8, 4) is 16.9 Å².